The molecule has 3 nitrogen and oxygen atoms in total. The molecule has 1 amide bonds. The summed E-state index contributed by atoms with van der Waals surface area (Å²) < 4.78 is 5.33. The molecule has 0 aliphatic heterocycles. The standard InChI is InChI=1S/C14H20ClNO2/c1-2-3-4-7-10-16-14(17)11-18-13-9-6-5-8-12(13)15/h5-6,8-9H,2-4,7,10-11H2,1H3,(H,16,17). The molecule has 0 spiro atoms. The van der Waals surface area contributed by atoms with E-state index in [1.165, 1.54) is 12.8 Å². The van der Waals surface area contributed by atoms with Crippen molar-refractivity contribution < 1.29 is 9.53 Å². The second-order valence-corrected chi connectivity index (χ2v) is 4.54. The minimum Gasteiger partial charge on any atom is -0.482 e. The summed E-state index contributed by atoms with van der Waals surface area (Å²) in [5.41, 5.74) is 0. The van der Waals surface area contributed by atoms with E-state index < -0.39 is 0 Å². The molecule has 0 fully saturated rings. The normalized spacial score (nSPS) is 10.1. The molecule has 0 radical (unpaired) electrons. The highest BCUT2D eigenvalue weighted by atomic mass is 35.5. The van der Waals surface area contributed by atoms with E-state index in [2.05, 4.69) is 12.2 Å². The Hall–Kier alpha value is -1.22. The molecule has 1 aromatic carbocycles. The van der Waals surface area contributed by atoms with E-state index in [0.29, 0.717) is 17.3 Å². The first-order valence-electron chi connectivity index (χ1n) is 6.38. The van der Waals surface area contributed by atoms with Gasteiger partial charge in [0.05, 0.1) is 5.02 Å². The Morgan fingerprint density at radius 3 is 2.78 bits per heavy atom. The van der Waals surface area contributed by atoms with Gasteiger partial charge in [-0.1, -0.05) is 49.9 Å². The van der Waals surface area contributed by atoms with E-state index >= 15 is 0 Å². The van der Waals surface area contributed by atoms with Crippen molar-refractivity contribution in [2.24, 2.45) is 0 Å². The van der Waals surface area contributed by atoms with Gasteiger partial charge in [0.15, 0.2) is 6.61 Å². The average molecular weight is 270 g/mol. The van der Waals surface area contributed by atoms with Crippen LogP contribution in [0.4, 0.5) is 0 Å². The van der Waals surface area contributed by atoms with Crippen LogP contribution in [-0.2, 0) is 4.79 Å². The van der Waals surface area contributed by atoms with Crippen LogP contribution < -0.4 is 10.1 Å². The van der Waals surface area contributed by atoms with Gasteiger partial charge in [-0.3, -0.25) is 4.79 Å². The zero-order chi connectivity index (χ0) is 13.2. The molecule has 0 saturated carbocycles. The number of nitrogens with one attached hydrogen (secondary N) is 1. The molecule has 1 N–H and O–H groups in total. The molecule has 0 atom stereocenters. The van der Waals surface area contributed by atoms with E-state index in [0.717, 1.165) is 12.8 Å². The molecule has 0 bridgehead atoms. The number of carbonyl (C=O) groups excluding carboxylic acids is 1. The van der Waals surface area contributed by atoms with Crippen LogP contribution in [0.1, 0.15) is 32.6 Å². The van der Waals surface area contributed by atoms with Crippen LogP contribution in [0.2, 0.25) is 5.02 Å². The third kappa shape index (κ3) is 5.92. The Labute approximate surface area is 113 Å². The fourth-order valence-electron chi connectivity index (χ4n) is 1.54. The lowest BCUT2D eigenvalue weighted by Gasteiger charge is -2.08. The summed E-state index contributed by atoms with van der Waals surface area (Å²) >= 11 is 5.91. The van der Waals surface area contributed by atoms with Crippen LogP contribution in [0.25, 0.3) is 0 Å². The number of hydrogen-bond acceptors (Lipinski definition) is 2. The van der Waals surface area contributed by atoms with Gasteiger partial charge in [0.2, 0.25) is 0 Å². The lowest BCUT2D eigenvalue weighted by Crippen LogP contribution is -2.29. The van der Waals surface area contributed by atoms with E-state index in [1.54, 1.807) is 12.1 Å². The van der Waals surface area contributed by atoms with Crippen LogP contribution >= 0.6 is 11.6 Å². The van der Waals surface area contributed by atoms with Crippen LogP contribution in [-0.4, -0.2) is 19.1 Å². The zero-order valence-electron chi connectivity index (χ0n) is 10.7. The topological polar surface area (TPSA) is 38.3 Å². The lowest BCUT2D eigenvalue weighted by molar-refractivity contribution is -0.123. The first kappa shape index (κ1) is 14.8. The minimum atomic E-state index is -0.105. The fraction of sp³-hybridized carbons (Fsp3) is 0.500. The predicted molar refractivity (Wildman–Crippen MR) is 74.1 cm³/mol. The highest BCUT2D eigenvalue weighted by molar-refractivity contribution is 6.32. The number of ether oxygens (including phenoxy) is 1. The van der Waals surface area contributed by atoms with Crippen LogP contribution in [0, 0.1) is 0 Å². The number of para-hydroxylation sites is 1. The monoisotopic (exact) mass is 269 g/mol. The smallest absolute Gasteiger partial charge is 0.257 e. The quantitative estimate of drug-likeness (QED) is 0.735. The second-order valence-electron chi connectivity index (χ2n) is 4.13. The maximum atomic E-state index is 11.5. The second kappa shape index (κ2) is 8.81. The van der Waals surface area contributed by atoms with Crippen molar-refractivity contribution in [3.05, 3.63) is 29.3 Å². The lowest BCUT2D eigenvalue weighted by atomic mass is 10.2. The molecule has 0 saturated heterocycles. The van der Waals surface area contributed by atoms with Crippen molar-refractivity contribution in [1.82, 2.24) is 5.32 Å². The third-order valence-corrected chi connectivity index (χ3v) is 2.86. The first-order valence-corrected chi connectivity index (χ1v) is 6.76. The Bertz CT molecular complexity index is 369. The summed E-state index contributed by atoms with van der Waals surface area (Å²) in [5.74, 6) is 0.437. The van der Waals surface area contributed by atoms with E-state index in [9.17, 15) is 4.79 Å². The minimum absolute atomic E-state index is 0.0114. The van der Waals surface area contributed by atoms with Gasteiger partial charge in [0.25, 0.3) is 5.91 Å². The van der Waals surface area contributed by atoms with E-state index in [1.807, 2.05) is 12.1 Å². The van der Waals surface area contributed by atoms with Crippen molar-refractivity contribution in [3.63, 3.8) is 0 Å². The molecular formula is C14H20ClNO2. The first-order chi connectivity index (χ1) is 8.74. The molecule has 0 aromatic heterocycles. The molecule has 1 rings (SSSR count). The number of halogens is 1. The highest BCUT2D eigenvalue weighted by Crippen LogP contribution is 2.22. The van der Waals surface area contributed by atoms with Crippen molar-refractivity contribution in [2.75, 3.05) is 13.2 Å². The van der Waals surface area contributed by atoms with Crippen molar-refractivity contribution in [2.45, 2.75) is 32.6 Å². The average Bonchev–Trinajstić information content (AvgIpc) is 2.37. The van der Waals surface area contributed by atoms with Gasteiger partial charge in [-0.25, -0.2) is 0 Å². The highest BCUT2D eigenvalue weighted by Gasteiger charge is 2.04. The number of rotatable bonds is 8. The fourth-order valence-corrected chi connectivity index (χ4v) is 1.73. The number of benzene rings is 1. The Morgan fingerprint density at radius 2 is 2.06 bits per heavy atom. The summed E-state index contributed by atoms with van der Waals surface area (Å²) in [5, 5.41) is 3.35. The van der Waals surface area contributed by atoms with Crippen LogP contribution in [0.3, 0.4) is 0 Å². The van der Waals surface area contributed by atoms with Crippen LogP contribution in [0.5, 0.6) is 5.75 Å². The maximum absolute atomic E-state index is 11.5. The zero-order valence-corrected chi connectivity index (χ0v) is 11.5. The molecule has 0 aliphatic carbocycles. The largest absolute Gasteiger partial charge is 0.482 e. The summed E-state index contributed by atoms with van der Waals surface area (Å²) in [6.07, 6.45) is 4.59. The molecule has 4 heteroatoms. The summed E-state index contributed by atoms with van der Waals surface area (Å²) in [4.78, 5) is 11.5. The number of unbranched alkanes of at least 4 members (excludes halogenated alkanes) is 3. The number of hydrogen-bond donors (Lipinski definition) is 1. The summed E-state index contributed by atoms with van der Waals surface area (Å²) in [6, 6.07) is 7.13. The molecule has 0 unspecified atom stereocenters. The third-order valence-electron chi connectivity index (χ3n) is 2.55. The molecule has 100 valence electrons. The number of amides is 1. The Kier molecular flexibility index (Phi) is 7.26. The van der Waals surface area contributed by atoms with Gasteiger partial charge in [0, 0.05) is 6.54 Å². The van der Waals surface area contributed by atoms with Gasteiger partial charge in [-0.15, -0.1) is 0 Å². The van der Waals surface area contributed by atoms with E-state index in [-0.39, 0.29) is 12.5 Å². The maximum Gasteiger partial charge on any atom is 0.257 e. The van der Waals surface area contributed by atoms with Gasteiger partial charge in [0.1, 0.15) is 5.75 Å². The molecule has 1 aromatic rings. The number of carbonyl (C=O) groups is 1. The van der Waals surface area contributed by atoms with Crippen molar-refractivity contribution in [3.8, 4) is 5.75 Å². The van der Waals surface area contributed by atoms with E-state index in [4.69, 9.17) is 16.3 Å². The van der Waals surface area contributed by atoms with Gasteiger partial charge >= 0.3 is 0 Å². The van der Waals surface area contributed by atoms with Gasteiger partial charge < -0.3 is 10.1 Å². The Morgan fingerprint density at radius 1 is 1.28 bits per heavy atom. The predicted octanol–water partition coefficient (Wildman–Crippen LogP) is 3.42. The molecule has 0 aliphatic rings. The molecule has 18 heavy (non-hydrogen) atoms. The van der Waals surface area contributed by atoms with Crippen molar-refractivity contribution >= 4 is 17.5 Å². The van der Waals surface area contributed by atoms with Gasteiger partial charge in [-0.2, -0.15) is 0 Å². The SMILES string of the molecule is CCCCCCNC(=O)COc1ccccc1Cl. The van der Waals surface area contributed by atoms with Crippen molar-refractivity contribution in [1.29, 1.82) is 0 Å². The van der Waals surface area contributed by atoms with Crippen LogP contribution in [0.15, 0.2) is 24.3 Å². The molecule has 0 heterocycles. The Balaban J connectivity index is 2.15. The summed E-state index contributed by atoms with van der Waals surface area (Å²) in [7, 11) is 0. The summed E-state index contributed by atoms with van der Waals surface area (Å²) in [6.45, 7) is 2.89. The molecular weight excluding hydrogens is 250 g/mol. The van der Waals surface area contributed by atoms with Gasteiger partial charge in [-0.05, 0) is 18.6 Å².